The van der Waals surface area contributed by atoms with Crippen molar-refractivity contribution in [3.8, 4) is 0 Å². The minimum Gasteiger partial charge on any atom is -0.454 e. The Hall–Kier alpha value is -0.710. The molecule has 0 saturated heterocycles. The fourth-order valence-electron chi connectivity index (χ4n) is 1.79. The van der Waals surface area contributed by atoms with Gasteiger partial charge >= 0.3 is 27.2 Å². The Morgan fingerprint density at radius 3 is 1.14 bits per heavy atom. The van der Waals surface area contributed by atoms with E-state index in [4.69, 9.17) is 29.7 Å². The number of halogens is 1. The zero-order valence-corrected chi connectivity index (χ0v) is 27.2. The van der Waals surface area contributed by atoms with Gasteiger partial charge in [-0.05, 0) is 96.9 Å². The number of carbonyl (C=O) groups is 2. The molecule has 1 N–H and O–H groups in total. The predicted molar refractivity (Wildman–Crippen MR) is 142 cm³/mol. The zero-order chi connectivity index (χ0) is 30.5. The molecule has 0 spiro atoms. The number of hydrogen-bond donors (Lipinski definition) is 1. The summed E-state index contributed by atoms with van der Waals surface area (Å²) in [6.45, 7) is 24.0. The van der Waals surface area contributed by atoms with E-state index in [1.54, 1.807) is 96.9 Å². The van der Waals surface area contributed by atoms with Gasteiger partial charge < -0.3 is 18.9 Å². The molecule has 0 aliphatic heterocycles. The Kier molecular flexibility index (Phi) is 18.1. The molecule has 37 heavy (non-hydrogen) atoms. The minimum absolute atomic E-state index is 0.115. The van der Waals surface area contributed by atoms with Crippen LogP contribution in [0.3, 0.4) is 0 Å². The fraction of sp³-hybridized carbons (Fsp3) is 0.909. The summed E-state index contributed by atoms with van der Waals surface area (Å²) in [5.74, 6) is 0. The monoisotopic (exact) mass is 600 g/mol. The Balaban J connectivity index is -0.000000529. The molecule has 0 rings (SSSR count). The van der Waals surface area contributed by atoms with Crippen LogP contribution in [0.15, 0.2) is 0 Å². The number of hydrogen-bond acceptors (Lipinski definition) is 11. The molecule has 0 aromatic heterocycles. The summed E-state index contributed by atoms with van der Waals surface area (Å²) in [6, 6.07) is 0. The van der Waals surface area contributed by atoms with Crippen LogP contribution in [-0.2, 0) is 41.2 Å². The number of rotatable bonds is 7. The quantitative estimate of drug-likeness (QED) is 0.171. The molecule has 0 aromatic rings. The molecule has 0 aliphatic carbocycles. The Labute approximate surface area is 227 Å². The van der Waals surface area contributed by atoms with Crippen LogP contribution in [-0.4, -0.2) is 52.1 Å². The van der Waals surface area contributed by atoms with E-state index >= 15 is 0 Å². The number of carbonyl (C=O) groups excluding carboxylic acids is 2. The summed E-state index contributed by atoms with van der Waals surface area (Å²) in [5, 5.41) is 0. The lowest BCUT2D eigenvalue weighted by atomic mass is 10.2. The molecule has 15 heteroatoms. The largest absolute Gasteiger partial charge is 0.535 e. The van der Waals surface area contributed by atoms with Gasteiger partial charge in [0.25, 0.3) is 0 Å². The molecule has 0 unspecified atom stereocenters. The van der Waals surface area contributed by atoms with Crippen LogP contribution in [0.4, 0.5) is 9.59 Å². The molecule has 0 aromatic carbocycles. The van der Waals surface area contributed by atoms with Crippen LogP contribution in [0.2, 0.25) is 0 Å². The first-order valence-electron chi connectivity index (χ1n) is 11.5. The smallest absolute Gasteiger partial charge is 0.454 e. The molecule has 0 saturated carbocycles. The molecular weight excluding hydrogens is 554 g/mol. The summed E-state index contributed by atoms with van der Waals surface area (Å²) in [6.07, 6.45) is -1.07. The van der Waals surface area contributed by atoms with E-state index in [1.165, 1.54) is 0 Å². The maximum atomic E-state index is 12.4. The van der Waals surface area contributed by atoms with Gasteiger partial charge in [0, 0.05) is 11.6 Å². The third-order valence-electron chi connectivity index (χ3n) is 2.26. The summed E-state index contributed by atoms with van der Waals surface area (Å²) in [5.41, 5.74) is -3.68. The molecule has 0 amide bonds. The number of phosphoric acid groups is 2. The average molecular weight is 601 g/mol. The highest BCUT2D eigenvalue weighted by molar-refractivity contribution is 7.49. The molecule has 224 valence electrons. The summed E-state index contributed by atoms with van der Waals surface area (Å²) in [4.78, 5) is 30.1. The van der Waals surface area contributed by atoms with E-state index in [-0.39, 0.29) is 6.61 Å². The first kappa shape index (κ1) is 40.8. The highest BCUT2D eigenvalue weighted by Crippen LogP contribution is 2.55. The summed E-state index contributed by atoms with van der Waals surface area (Å²) in [7, 11) is -7.96. The fourth-order valence-corrected chi connectivity index (χ4v) is 5.01. The van der Waals surface area contributed by atoms with E-state index in [0.29, 0.717) is 6.61 Å². The highest BCUT2D eigenvalue weighted by Gasteiger charge is 2.40. The third kappa shape index (κ3) is 33.3. The Morgan fingerprint density at radius 2 is 0.946 bits per heavy atom. The lowest BCUT2D eigenvalue weighted by Gasteiger charge is -2.29. The second-order valence-corrected chi connectivity index (χ2v) is 14.2. The van der Waals surface area contributed by atoms with Crippen LogP contribution in [0.25, 0.3) is 0 Å². The third-order valence-corrected chi connectivity index (χ3v) is 5.84. The van der Waals surface area contributed by atoms with Crippen molar-refractivity contribution < 1.29 is 55.7 Å². The molecule has 0 heterocycles. The van der Waals surface area contributed by atoms with E-state index in [9.17, 15) is 23.6 Å². The van der Waals surface area contributed by atoms with Gasteiger partial charge in [0.2, 0.25) is 0 Å². The number of ether oxygens (including phenoxy) is 2. The lowest BCUT2D eigenvalue weighted by Crippen LogP contribution is -2.25. The van der Waals surface area contributed by atoms with Crippen molar-refractivity contribution in [1.82, 2.24) is 0 Å². The van der Waals surface area contributed by atoms with Crippen molar-refractivity contribution in [2.24, 2.45) is 0 Å². The van der Waals surface area contributed by atoms with Gasteiger partial charge in [-0.2, -0.15) is 0 Å². The van der Waals surface area contributed by atoms with Crippen molar-refractivity contribution in [2.45, 2.75) is 119 Å². The molecule has 0 bridgehead atoms. The van der Waals surface area contributed by atoms with E-state index < -0.39 is 49.6 Å². The Bertz CT molecular complexity index is 734. The molecule has 0 fully saturated rings. The predicted octanol–water partition coefficient (Wildman–Crippen LogP) is 8.00. The van der Waals surface area contributed by atoms with Crippen LogP contribution >= 0.6 is 27.2 Å². The van der Waals surface area contributed by atoms with E-state index in [0.717, 1.165) is 0 Å². The van der Waals surface area contributed by atoms with Crippen molar-refractivity contribution in [2.75, 3.05) is 13.2 Å². The molecular formula is C22H47ClO12P2. The van der Waals surface area contributed by atoms with Gasteiger partial charge in [-0.3, -0.25) is 18.1 Å². The Morgan fingerprint density at radius 1 is 0.649 bits per heavy atom. The SMILES string of the molecule is CC(C)(C)OP(=O)(O)OC(C)(C)C.CCOC(=O)Cl.CCOC(=O)OP(=O)(OC(C)(C)C)OC(C)(C)C. The van der Waals surface area contributed by atoms with Crippen LogP contribution in [0, 0.1) is 0 Å². The van der Waals surface area contributed by atoms with Crippen molar-refractivity contribution >= 4 is 38.8 Å². The second kappa shape index (κ2) is 16.4. The lowest BCUT2D eigenvalue weighted by molar-refractivity contribution is 0.00247. The van der Waals surface area contributed by atoms with Gasteiger partial charge in [0.1, 0.15) is 0 Å². The standard InChI is InChI=1S/C11H23O6P.C8H19O4P.C3H5ClO2/c1-8-14-9(12)15-18(13,16-10(2,3)4)17-11(5,6)7;1-7(2,3)11-13(9,10)12-8(4,5)6;1-2-6-3(4)5/h8H2,1-7H3;1-6H3,(H,9,10);2H2,1H3. The number of phosphoric ester groups is 2. The highest BCUT2D eigenvalue weighted by atomic mass is 35.5. The van der Waals surface area contributed by atoms with Crippen LogP contribution < -0.4 is 0 Å². The van der Waals surface area contributed by atoms with Gasteiger partial charge in [0.15, 0.2) is 0 Å². The molecule has 0 radical (unpaired) electrons. The van der Waals surface area contributed by atoms with E-state index in [1.807, 2.05) is 0 Å². The van der Waals surface area contributed by atoms with Gasteiger partial charge in [-0.15, -0.1) is 0 Å². The second-order valence-electron chi connectivity index (χ2n) is 11.2. The first-order chi connectivity index (χ1) is 16.1. The molecule has 0 atom stereocenters. The minimum atomic E-state index is -4.02. The maximum absolute atomic E-state index is 12.4. The summed E-state index contributed by atoms with van der Waals surface area (Å²) < 4.78 is 57.4. The normalized spacial score (nSPS) is 12.9. The first-order valence-corrected chi connectivity index (χ1v) is 14.8. The zero-order valence-electron chi connectivity index (χ0n) is 24.6. The van der Waals surface area contributed by atoms with Crippen LogP contribution in [0.1, 0.15) is 96.9 Å². The van der Waals surface area contributed by atoms with Crippen molar-refractivity contribution in [3.05, 3.63) is 0 Å². The topological polar surface area (TPSA) is 153 Å². The van der Waals surface area contributed by atoms with Gasteiger partial charge in [-0.25, -0.2) is 18.7 Å². The molecule has 12 nitrogen and oxygen atoms in total. The van der Waals surface area contributed by atoms with Gasteiger partial charge in [-0.1, -0.05) is 0 Å². The summed E-state index contributed by atoms with van der Waals surface area (Å²) >= 11 is 4.72. The maximum Gasteiger partial charge on any atom is 0.535 e. The molecule has 0 aliphatic rings. The van der Waals surface area contributed by atoms with E-state index in [2.05, 4.69) is 14.0 Å². The van der Waals surface area contributed by atoms with Gasteiger partial charge in [0.05, 0.1) is 35.6 Å². The van der Waals surface area contributed by atoms with Crippen LogP contribution in [0.5, 0.6) is 0 Å². The average Bonchev–Trinajstić information content (AvgIpc) is 2.46. The van der Waals surface area contributed by atoms with Crippen molar-refractivity contribution in [1.29, 1.82) is 0 Å². The van der Waals surface area contributed by atoms with Crippen molar-refractivity contribution in [3.63, 3.8) is 0 Å².